The number of hydrogen-bond donors (Lipinski definition) is 1. The fraction of sp³-hybridized carbons (Fsp3) is 0.167. The molecule has 0 radical (unpaired) electrons. The van der Waals surface area contributed by atoms with E-state index in [1.807, 2.05) is 31.4 Å². The Bertz CT molecular complexity index is 1010. The van der Waals surface area contributed by atoms with Crippen molar-refractivity contribution >= 4 is 33.1 Å². The van der Waals surface area contributed by atoms with Crippen LogP contribution in [-0.2, 0) is 18.4 Å². The van der Waals surface area contributed by atoms with Crippen molar-refractivity contribution < 1.29 is 4.74 Å². The van der Waals surface area contributed by atoms with Gasteiger partial charge in [0.05, 0.1) is 17.3 Å². The van der Waals surface area contributed by atoms with E-state index in [4.69, 9.17) is 4.74 Å². The molecule has 0 aliphatic heterocycles. The quantitative estimate of drug-likeness (QED) is 0.589. The first-order chi connectivity index (χ1) is 12.2. The molecule has 0 fully saturated rings. The van der Waals surface area contributed by atoms with Gasteiger partial charge in [-0.25, -0.2) is 9.97 Å². The molecule has 126 valence electrons. The predicted molar refractivity (Wildman–Crippen MR) is 100 cm³/mol. The van der Waals surface area contributed by atoms with Crippen LogP contribution < -0.4 is 5.32 Å². The number of aryl methyl sites for hydroxylation is 1. The zero-order valence-corrected chi connectivity index (χ0v) is 14.7. The number of hydrogen-bond acceptors (Lipinski definition) is 6. The maximum atomic E-state index is 5.21. The number of fused-ring (bicyclic) bond motifs is 1. The second-order valence-corrected chi connectivity index (χ2v) is 6.50. The third-order valence-corrected chi connectivity index (χ3v) is 4.68. The van der Waals surface area contributed by atoms with Gasteiger partial charge in [0.2, 0.25) is 0 Å². The minimum atomic E-state index is 0.371. The standard InChI is InChI=1S/C18H17N5OS/c1-23-9-13(8-19-23)20-17-16-14(12-6-4-3-5-7-12)11-25-18(16)22-15(21-17)10-24-2/h3-9,11H,10H2,1-2H3,(H,20,21,22). The SMILES string of the molecule is COCc1nc(Nc2cnn(C)c2)c2c(-c3ccccc3)csc2n1. The van der Waals surface area contributed by atoms with Crippen LogP contribution in [0.4, 0.5) is 11.5 Å². The maximum Gasteiger partial charge on any atom is 0.158 e. The minimum absolute atomic E-state index is 0.371. The lowest BCUT2D eigenvalue weighted by Crippen LogP contribution is -2.02. The summed E-state index contributed by atoms with van der Waals surface area (Å²) in [6, 6.07) is 10.3. The van der Waals surface area contributed by atoms with Gasteiger partial charge in [0.1, 0.15) is 17.3 Å². The average molecular weight is 351 g/mol. The zero-order valence-electron chi connectivity index (χ0n) is 13.9. The summed E-state index contributed by atoms with van der Waals surface area (Å²) in [5, 5.41) is 10.7. The molecule has 4 rings (SSSR count). The Balaban J connectivity index is 1.88. The van der Waals surface area contributed by atoms with Gasteiger partial charge in [-0.05, 0) is 5.56 Å². The van der Waals surface area contributed by atoms with E-state index in [-0.39, 0.29) is 0 Å². The first kappa shape index (κ1) is 15.7. The Morgan fingerprint density at radius 2 is 2.04 bits per heavy atom. The van der Waals surface area contributed by atoms with Crippen LogP contribution in [0.2, 0.25) is 0 Å². The summed E-state index contributed by atoms with van der Waals surface area (Å²) in [5.74, 6) is 1.42. The molecule has 3 heterocycles. The Kier molecular flexibility index (Phi) is 4.17. The highest BCUT2D eigenvalue weighted by molar-refractivity contribution is 7.17. The first-order valence-corrected chi connectivity index (χ1v) is 8.70. The summed E-state index contributed by atoms with van der Waals surface area (Å²) in [5.41, 5.74) is 3.15. The number of methoxy groups -OCH3 is 1. The van der Waals surface area contributed by atoms with E-state index in [9.17, 15) is 0 Å². The van der Waals surface area contributed by atoms with Gasteiger partial charge in [0, 0.05) is 31.3 Å². The van der Waals surface area contributed by atoms with Crippen molar-refractivity contribution in [2.75, 3.05) is 12.4 Å². The third-order valence-electron chi connectivity index (χ3n) is 3.81. The van der Waals surface area contributed by atoms with Gasteiger partial charge >= 0.3 is 0 Å². The topological polar surface area (TPSA) is 64.9 Å². The molecule has 1 N–H and O–H groups in total. The Morgan fingerprint density at radius 3 is 2.76 bits per heavy atom. The molecule has 0 amide bonds. The van der Waals surface area contributed by atoms with Crippen molar-refractivity contribution in [3.8, 4) is 11.1 Å². The van der Waals surface area contributed by atoms with Gasteiger partial charge in [-0.3, -0.25) is 4.68 Å². The minimum Gasteiger partial charge on any atom is -0.377 e. The van der Waals surface area contributed by atoms with Crippen molar-refractivity contribution in [2.24, 2.45) is 7.05 Å². The number of ether oxygens (including phenoxy) is 1. The van der Waals surface area contributed by atoms with E-state index in [0.717, 1.165) is 32.8 Å². The van der Waals surface area contributed by atoms with E-state index in [2.05, 4.69) is 37.9 Å². The lowest BCUT2D eigenvalue weighted by atomic mass is 10.1. The van der Waals surface area contributed by atoms with E-state index < -0.39 is 0 Å². The van der Waals surface area contributed by atoms with Crippen LogP contribution in [-0.4, -0.2) is 26.9 Å². The monoisotopic (exact) mass is 351 g/mol. The van der Waals surface area contributed by atoms with Crippen molar-refractivity contribution in [1.82, 2.24) is 19.7 Å². The molecule has 0 spiro atoms. The van der Waals surface area contributed by atoms with Crippen LogP contribution in [0.3, 0.4) is 0 Å². The molecule has 0 atom stereocenters. The predicted octanol–water partition coefficient (Wildman–Crippen LogP) is 3.98. The zero-order chi connectivity index (χ0) is 17.2. The smallest absolute Gasteiger partial charge is 0.158 e. The summed E-state index contributed by atoms with van der Waals surface area (Å²) >= 11 is 1.61. The van der Waals surface area contributed by atoms with E-state index >= 15 is 0 Å². The highest BCUT2D eigenvalue weighted by Crippen LogP contribution is 2.37. The fourth-order valence-electron chi connectivity index (χ4n) is 2.72. The molecule has 0 aliphatic carbocycles. The number of aromatic nitrogens is 4. The summed E-state index contributed by atoms with van der Waals surface area (Å²) in [6.45, 7) is 0.371. The molecule has 0 unspecified atom stereocenters. The highest BCUT2D eigenvalue weighted by atomic mass is 32.1. The summed E-state index contributed by atoms with van der Waals surface area (Å²) in [6.07, 6.45) is 3.69. The number of nitrogens with one attached hydrogen (secondary N) is 1. The molecule has 0 aliphatic rings. The molecule has 25 heavy (non-hydrogen) atoms. The van der Waals surface area contributed by atoms with Crippen LogP contribution in [0, 0.1) is 0 Å². The normalized spacial score (nSPS) is 11.1. The number of thiophene rings is 1. The van der Waals surface area contributed by atoms with Crippen molar-refractivity contribution in [1.29, 1.82) is 0 Å². The van der Waals surface area contributed by atoms with Crippen LogP contribution >= 0.6 is 11.3 Å². The van der Waals surface area contributed by atoms with E-state index in [1.165, 1.54) is 0 Å². The fourth-order valence-corrected chi connectivity index (χ4v) is 3.69. The molecule has 0 bridgehead atoms. The van der Waals surface area contributed by atoms with Gasteiger partial charge in [0.25, 0.3) is 0 Å². The van der Waals surface area contributed by atoms with Gasteiger partial charge in [0.15, 0.2) is 5.82 Å². The first-order valence-electron chi connectivity index (χ1n) is 7.83. The van der Waals surface area contributed by atoms with Gasteiger partial charge in [-0.2, -0.15) is 5.10 Å². The lowest BCUT2D eigenvalue weighted by molar-refractivity contribution is 0.178. The Morgan fingerprint density at radius 1 is 1.20 bits per heavy atom. The average Bonchev–Trinajstić information content (AvgIpc) is 3.22. The van der Waals surface area contributed by atoms with E-state index in [0.29, 0.717) is 12.4 Å². The molecular formula is C18H17N5OS. The number of nitrogens with zero attached hydrogens (tertiary/aromatic N) is 4. The van der Waals surface area contributed by atoms with E-state index in [1.54, 1.807) is 29.3 Å². The summed E-state index contributed by atoms with van der Waals surface area (Å²) in [4.78, 5) is 10.3. The van der Waals surface area contributed by atoms with Gasteiger partial charge in [-0.1, -0.05) is 30.3 Å². The molecule has 0 saturated carbocycles. The van der Waals surface area contributed by atoms with Crippen LogP contribution in [0.5, 0.6) is 0 Å². The summed E-state index contributed by atoms with van der Waals surface area (Å²) < 4.78 is 6.97. The van der Waals surface area contributed by atoms with Crippen LogP contribution in [0.1, 0.15) is 5.82 Å². The molecule has 1 aromatic carbocycles. The molecule has 3 aromatic heterocycles. The maximum absolute atomic E-state index is 5.21. The van der Waals surface area contributed by atoms with Crippen LogP contribution in [0.25, 0.3) is 21.3 Å². The molecule has 7 heteroatoms. The number of rotatable bonds is 5. The largest absolute Gasteiger partial charge is 0.377 e. The van der Waals surface area contributed by atoms with Crippen LogP contribution in [0.15, 0.2) is 48.1 Å². The second kappa shape index (κ2) is 6.62. The second-order valence-electron chi connectivity index (χ2n) is 5.64. The van der Waals surface area contributed by atoms with Gasteiger partial charge in [-0.15, -0.1) is 11.3 Å². The lowest BCUT2D eigenvalue weighted by Gasteiger charge is -2.09. The molecular weight excluding hydrogens is 334 g/mol. The molecule has 4 aromatic rings. The van der Waals surface area contributed by atoms with Crippen molar-refractivity contribution in [3.63, 3.8) is 0 Å². The molecule has 6 nitrogen and oxygen atoms in total. The van der Waals surface area contributed by atoms with Gasteiger partial charge < -0.3 is 10.1 Å². The number of benzene rings is 1. The highest BCUT2D eigenvalue weighted by Gasteiger charge is 2.16. The number of anilines is 2. The third kappa shape index (κ3) is 3.11. The van der Waals surface area contributed by atoms with Crippen molar-refractivity contribution in [2.45, 2.75) is 6.61 Å². The summed E-state index contributed by atoms with van der Waals surface area (Å²) in [7, 11) is 3.53. The molecule has 0 saturated heterocycles. The Labute approximate surface area is 149 Å². The van der Waals surface area contributed by atoms with Crippen molar-refractivity contribution in [3.05, 3.63) is 53.9 Å². The Hall–Kier alpha value is -2.77.